The Balaban J connectivity index is 2.22. The monoisotopic (exact) mass is 184 g/mol. The van der Waals surface area contributed by atoms with E-state index in [1.807, 2.05) is 7.05 Å². The maximum atomic E-state index is 11.5. The number of urea groups is 1. The lowest BCUT2D eigenvalue weighted by Crippen LogP contribution is -2.42. The Morgan fingerprint density at radius 2 is 2.08 bits per heavy atom. The van der Waals surface area contributed by atoms with Crippen molar-refractivity contribution in [3.05, 3.63) is 0 Å². The van der Waals surface area contributed by atoms with E-state index in [4.69, 9.17) is 0 Å². The van der Waals surface area contributed by atoms with Crippen LogP contribution < -0.4 is 5.32 Å². The molecule has 3 heteroatoms. The Morgan fingerprint density at radius 3 is 2.62 bits per heavy atom. The van der Waals surface area contributed by atoms with E-state index in [-0.39, 0.29) is 6.03 Å². The summed E-state index contributed by atoms with van der Waals surface area (Å²) >= 11 is 0. The number of carbonyl (C=O) groups is 1. The summed E-state index contributed by atoms with van der Waals surface area (Å²) in [6.45, 7) is 2.93. The van der Waals surface area contributed by atoms with Gasteiger partial charge in [-0.05, 0) is 19.3 Å². The van der Waals surface area contributed by atoms with Gasteiger partial charge in [0.15, 0.2) is 0 Å². The van der Waals surface area contributed by atoms with Crippen LogP contribution in [-0.2, 0) is 0 Å². The Kier molecular flexibility index (Phi) is 4.06. The molecule has 1 fully saturated rings. The number of rotatable bonds is 3. The van der Waals surface area contributed by atoms with Crippen LogP contribution in [0, 0.1) is 0 Å². The molecule has 0 radical (unpaired) electrons. The molecular formula is C10H20N2O. The van der Waals surface area contributed by atoms with Crippen molar-refractivity contribution in [3.63, 3.8) is 0 Å². The third-order valence-electron chi connectivity index (χ3n) is 2.59. The van der Waals surface area contributed by atoms with Crippen LogP contribution in [0.4, 0.5) is 4.79 Å². The molecule has 1 aliphatic rings. The molecule has 13 heavy (non-hydrogen) atoms. The lowest BCUT2D eigenvalue weighted by molar-refractivity contribution is 0.205. The fourth-order valence-electron chi connectivity index (χ4n) is 1.79. The second kappa shape index (κ2) is 5.10. The van der Waals surface area contributed by atoms with Gasteiger partial charge in [-0.3, -0.25) is 0 Å². The second-order valence-electron chi connectivity index (χ2n) is 3.85. The van der Waals surface area contributed by atoms with Gasteiger partial charge in [0.2, 0.25) is 0 Å². The van der Waals surface area contributed by atoms with Crippen LogP contribution in [0.5, 0.6) is 0 Å². The Hall–Kier alpha value is -0.730. The molecule has 0 aromatic carbocycles. The number of nitrogens with one attached hydrogen (secondary N) is 1. The minimum atomic E-state index is 0.0914. The summed E-state index contributed by atoms with van der Waals surface area (Å²) in [6.07, 6.45) is 5.87. The minimum Gasteiger partial charge on any atom is -0.335 e. The maximum Gasteiger partial charge on any atom is 0.317 e. The largest absolute Gasteiger partial charge is 0.335 e. The third-order valence-corrected chi connectivity index (χ3v) is 2.59. The molecule has 0 saturated heterocycles. The Bertz CT molecular complexity index is 164. The summed E-state index contributed by atoms with van der Waals surface area (Å²) in [5.41, 5.74) is 0. The van der Waals surface area contributed by atoms with Crippen molar-refractivity contribution >= 4 is 6.03 Å². The first kappa shape index (κ1) is 10.4. The highest BCUT2D eigenvalue weighted by Crippen LogP contribution is 2.17. The van der Waals surface area contributed by atoms with Crippen molar-refractivity contribution in [2.24, 2.45) is 0 Å². The topological polar surface area (TPSA) is 32.3 Å². The molecule has 0 atom stereocenters. The molecule has 0 spiro atoms. The molecule has 0 heterocycles. The van der Waals surface area contributed by atoms with Gasteiger partial charge in [-0.25, -0.2) is 4.79 Å². The number of carbonyl (C=O) groups excluding carboxylic acids is 1. The minimum absolute atomic E-state index is 0.0914. The van der Waals surface area contributed by atoms with Crippen LogP contribution >= 0.6 is 0 Å². The van der Waals surface area contributed by atoms with Crippen molar-refractivity contribution in [2.75, 3.05) is 13.6 Å². The molecule has 1 rings (SSSR count). The van der Waals surface area contributed by atoms with Gasteiger partial charge in [0.25, 0.3) is 0 Å². The van der Waals surface area contributed by atoms with Crippen molar-refractivity contribution in [1.82, 2.24) is 10.2 Å². The first-order valence-corrected chi connectivity index (χ1v) is 5.25. The standard InChI is InChI=1S/C10H20N2O/c1-3-8-12(2)10(13)11-9-6-4-5-7-9/h9H,3-8H2,1-2H3,(H,11,13). The fourth-order valence-corrected chi connectivity index (χ4v) is 1.79. The average Bonchev–Trinajstić information content (AvgIpc) is 2.57. The molecule has 1 aliphatic carbocycles. The van der Waals surface area contributed by atoms with E-state index in [0.29, 0.717) is 6.04 Å². The highest BCUT2D eigenvalue weighted by Gasteiger charge is 2.18. The van der Waals surface area contributed by atoms with Crippen LogP contribution in [0.3, 0.4) is 0 Å². The Morgan fingerprint density at radius 1 is 1.46 bits per heavy atom. The molecule has 0 bridgehead atoms. The van der Waals surface area contributed by atoms with E-state index >= 15 is 0 Å². The van der Waals surface area contributed by atoms with Gasteiger partial charge >= 0.3 is 6.03 Å². The molecule has 0 unspecified atom stereocenters. The highest BCUT2D eigenvalue weighted by molar-refractivity contribution is 5.74. The maximum absolute atomic E-state index is 11.5. The van der Waals surface area contributed by atoms with Crippen molar-refractivity contribution in [2.45, 2.75) is 45.1 Å². The Labute approximate surface area is 80.5 Å². The van der Waals surface area contributed by atoms with Gasteiger partial charge in [0, 0.05) is 19.6 Å². The smallest absolute Gasteiger partial charge is 0.317 e. The van der Waals surface area contributed by atoms with Crippen LogP contribution in [0.1, 0.15) is 39.0 Å². The molecule has 0 aromatic heterocycles. The molecule has 0 aromatic rings. The van der Waals surface area contributed by atoms with Crippen LogP contribution in [0.2, 0.25) is 0 Å². The van der Waals surface area contributed by atoms with E-state index in [9.17, 15) is 4.79 Å². The first-order chi connectivity index (χ1) is 6.24. The van der Waals surface area contributed by atoms with E-state index in [1.54, 1.807) is 4.90 Å². The van der Waals surface area contributed by atoms with Gasteiger partial charge in [0.05, 0.1) is 0 Å². The number of hydrogen-bond acceptors (Lipinski definition) is 1. The number of hydrogen-bond donors (Lipinski definition) is 1. The summed E-state index contributed by atoms with van der Waals surface area (Å²) in [6, 6.07) is 0.528. The summed E-state index contributed by atoms with van der Waals surface area (Å²) in [4.78, 5) is 13.3. The first-order valence-electron chi connectivity index (χ1n) is 5.25. The summed E-state index contributed by atoms with van der Waals surface area (Å²) in [5, 5.41) is 3.05. The quantitative estimate of drug-likeness (QED) is 0.714. The summed E-state index contributed by atoms with van der Waals surface area (Å²) in [7, 11) is 1.85. The van der Waals surface area contributed by atoms with E-state index in [2.05, 4.69) is 12.2 Å². The van der Waals surface area contributed by atoms with Gasteiger partial charge in [-0.1, -0.05) is 19.8 Å². The molecule has 1 N–H and O–H groups in total. The predicted molar refractivity (Wildman–Crippen MR) is 53.7 cm³/mol. The van der Waals surface area contributed by atoms with Crippen molar-refractivity contribution < 1.29 is 4.79 Å². The molecule has 0 aliphatic heterocycles. The highest BCUT2D eigenvalue weighted by atomic mass is 16.2. The van der Waals surface area contributed by atoms with Crippen LogP contribution in [0.25, 0.3) is 0 Å². The van der Waals surface area contributed by atoms with Crippen molar-refractivity contribution in [3.8, 4) is 0 Å². The number of nitrogens with zero attached hydrogens (tertiary/aromatic N) is 1. The van der Waals surface area contributed by atoms with Gasteiger partial charge < -0.3 is 10.2 Å². The zero-order valence-corrected chi connectivity index (χ0v) is 8.68. The van der Waals surface area contributed by atoms with E-state index < -0.39 is 0 Å². The lowest BCUT2D eigenvalue weighted by atomic mass is 10.2. The zero-order valence-electron chi connectivity index (χ0n) is 8.68. The van der Waals surface area contributed by atoms with Gasteiger partial charge in [-0.15, -0.1) is 0 Å². The van der Waals surface area contributed by atoms with E-state index in [1.165, 1.54) is 12.8 Å². The van der Waals surface area contributed by atoms with Crippen molar-refractivity contribution in [1.29, 1.82) is 0 Å². The van der Waals surface area contributed by atoms with Crippen LogP contribution in [0.15, 0.2) is 0 Å². The molecule has 3 nitrogen and oxygen atoms in total. The van der Waals surface area contributed by atoms with Gasteiger partial charge in [0.1, 0.15) is 0 Å². The zero-order chi connectivity index (χ0) is 9.68. The molecule has 76 valence electrons. The van der Waals surface area contributed by atoms with Crippen LogP contribution in [-0.4, -0.2) is 30.6 Å². The molecule has 2 amide bonds. The predicted octanol–water partition coefficient (Wildman–Crippen LogP) is 1.98. The fraction of sp³-hybridized carbons (Fsp3) is 0.900. The third kappa shape index (κ3) is 3.25. The lowest BCUT2D eigenvalue weighted by Gasteiger charge is -2.20. The summed E-state index contributed by atoms with van der Waals surface area (Å²) < 4.78 is 0. The SMILES string of the molecule is CCCN(C)C(=O)NC1CCCC1. The number of amides is 2. The molecule has 1 saturated carbocycles. The second-order valence-corrected chi connectivity index (χ2v) is 3.85. The average molecular weight is 184 g/mol. The molecular weight excluding hydrogens is 164 g/mol. The summed E-state index contributed by atoms with van der Waals surface area (Å²) in [5.74, 6) is 0. The van der Waals surface area contributed by atoms with Gasteiger partial charge in [-0.2, -0.15) is 0 Å². The normalized spacial score (nSPS) is 17.4. The van der Waals surface area contributed by atoms with E-state index in [0.717, 1.165) is 25.8 Å².